The summed E-state index contributed by atoms with van der Waals surface area (Å²) in [5, 5.41) is 12.2. The fourth-order valence-electron chi connectivity index (χ4n) is 2.28. The molecule has 1 heterocycles. The summed E-state index contributed by atoms with van der Waals surface area (Å²) in [6.45, 7) is 2.81. The molecule has 5 nitrogen and oxygen atoms in total. The topological polar surface area (TPSA) is 60.0 Å². The summed E-state index contributed by atoms with van der Waals surface area (Å²) in [6, 6.07) is 5.82. The third-order valence-electron chi connectivity index (χ3n) is 3.30. The standard InChI is InChI=1S/C15H23NO4/c1-18-15-9-12(4-5-14(15)20-8-6-17)10-16-11-13-3-2-7-19-13/h4-5,9,13,16-17H,2-3,6-8,10-11H2,1H3/t13-/m0/s1. The molecule has 5 heteroatoms. The van der Waals surface area contributed by atoms with Gasteiger partial charge in [-0.1, -0.05) is 6.07 Å². The van der Waals surface area contributed by atoms with E-state index >= 15 is 0 Å². The summed E-state index contributed by atoms with van der Waals surface area (Å²) in [4.78, 5) is 0. The molecule has 1 aliphatic rings. The van der Waals surface area contributed by atoms with Gasteiger partial charge in [-0.3, -0.25) is 0 Å². The van der Waals surface area contributed by atoms with E-state index in [4.69, 9.17) is 19.3 Å². The van der Waals surface area contributed by atoms with E-state index < -0.39 is 0 Å². The molecule has 0 aromatic heterocycles. The largest absolute Gasteiger partial charge is 0.493 e. The molecule has 0 radical (unpaired) electrons. The van der Waals surface area contributed by atoms with Gasteiger partial charge < -0.3 is 24.6 Å². The Morgan fingerprint density at radius 1 is 1.40 bits per heavy atom. The van der Waals surface area contributed by atoms with E-state index in [0.29, 0.717) is 17.6 Å². The smallest absolute Gasteiger partial charge is 0.161 e. The predicted octanol–water partition coefficient (Wildman–Crippen LogP) is 1.33. The van der Waals surface area contributed by atoms with Crippen molar-refractivity contribution in [1.82, 2.24) is 5.32 Å². The van der Waals surface area contributed by atoms with Crippen molar-refractivity contribution in [3.8, 4) is 11.5 Å². The van der Waals surface area contributed by atoms with Crippen molar-refractivity contribution in [2.75, 3.05) is 33.5 Å². The van der Waals surface area contributed by atoms with Crippen LogP contribution in [0.2, 0.25) is 0 Å². The predicted molar refractivity (Wildman–Crippen MR) is 76.3 cm³/mol. The minimum Gasteiger partial charge on any atom is -0.493 e. The molecule has 0 aliphatic carbocycles. The molecule has 0 bridgehead atoms. The van der Waals surface area contributed by atoms with Crippen molar-refractivity contribution in [3.63, 3.8) is 0 Å². The van der Waals surface area contributed by atoms with Gasteiger partial charge in [0.15, 0.2) is 11.5 Å². The van der Waals surface area contributed by atoms with Gasteiger partial charge in [-0.05, 0) is 30.5 Å². The lowest BCUT2D eigenvalue weighted by atomic mass is 10.2. The third kappa shape index (κ3) is 4.37. The number of hydrogen-bond acceptors (Lipinski definition) is 5. The minimum atomic E-state index is -0.00610. The molecule has 0 unspecified atom stereocenters. The molecule has 112 valence electrons. The van der Waals surface area contributed by atoms with E-state index in [-0.39, 0.29) is 13.2 Å². The number of rotatable bonds is 8. The van der Waals surface area contributed by atoms with Crippen LogP contribution in [0.5, 0.6) is 11.5 Å². The van der Waals surface area contributed by atoms with E-state index in [1.54, 1.807) is 7.11 Å². The molecule has 1 aromatic carbocycles. The van der Waals surface area contributed by atoms with Crippen molar-refractivity contribution in [3.05, 3.63) is 23.8 Å². The molecule has 1 aliphatic heterocycles. The van der Waals surface area contributed by atoms with Crippen LogP contribution >= 0.6 is 0 Å². The van der Waals surface area contributed by atoms with Crippen molar-refractivity contribution in [2.24, 2.45) is 0 Å². The summed E-state index contributed by atoms with van der Waals surface area (Å²) in [5.74, 6) is 1.35. The Morgan fingerprint density at radius 3 is 3.00 bits per heavy atom. The Bertz CT molecular complexity index is 405. The summed E-state index contributed by atoms with van der Waals surface area (Å²) >= 11 is 0. The van der Waals surface area contributed by atoms with Gasteiger partial charge in [-0.2, -0.15) is 0 Å². The van der Waals surface area contributed by atoms with Crippen molar-refractivity contribution < 1.29 is 19.3 Å². The molecule has 0 amide bonds. The van der Waals surface area contributed by atoms with Crippen LogP contribution in [0.4, 0.5) is 0 Å². The van der Waals surface area contributed by atoms with E-state index in [2.05, 4.69) is 5.32 Å². The quantitative estimate of drug-likeness (QED) is 0.753. The molecule has 1 saturated heterocycles. The maximum Gasteiger partial charge on any atom is 0.161 e. The number of methoxy groups -OCH3 is 1. The molecule has 1 atom stereocenters. The Hall–Kier alpha value is -1.30. The number of nitrogens with one attached hydrogen (secondary N) is 1. The fraction of sp³-hybridized carbons (Fsp3) is 0.600. The second-order valence-electron chi connectivity index (χ2n) is 4.82. The van der Waals surface area contributed by atoms with Crippen LogP contribution in [0.25, 0.3) is 0 Å². The Labute approximate surface area is 119 Å². The van der Waals surface area contributed by atoms with E-state index in [1.165, 1.54) is 0 Å². The van der Waals surface area contributed by atoms with Gasteiger partial charge in [-0.15, -0.1) is 0 Å². The molecule has 1 fully saturated rings. The number of aliphatic hydroxyl groups excluding tert-OH is 1. The summed E-state index contributed by atoms with van der Waals surface area (Å²) in [5.41, 5.74) is 1.14. The van der Waals surface area contributed by atoms with Gasteiger partial charge in [0.2, 0.25) is 0 Å². The molecule has 0 spiro atoms. The van der Waals surface area contributed by atoms with Gasteiger partial charge >= 0.3 is 0 Å². The zero-order valence-corrected chi connectivity index (χ0v) is 11.9. The fourth-order valence-corrected chi connectivity index (χ4v) is 2.28. The number of benzene rings is 1. The van der Waals surface area contributed by atoms with Gasteiger partial charge in [-0.25, -0.2) is 0 Å². The minimum absolute atomic E-state index is 0.00610. The van der Waals surface area contributed by atoms with Crippen LogP contribution in [0.1, 0.15) is 18.4 Å². The highest BCUT2D eigenvalue weighted by atomic mass is 16.5. The highest BCUT2D eigenvalue weighted by molar-refractivity contribution is 5.42. The first kappa shape index (κ1) is 15.1. The van der Waals surface area contributed by atoms with Gasteiger partial charge in [0, 0.05) is 19.7 Å². The molecule has 20 heavy (non-hydrogen) atoms. The van der Waals surface area contributed by atoms with Crippen LogP contribution in [0.15, 0.2) is 18.2 Å². The van der Waals surface area contributed by atoms with Crippen LogP contribution in [-0.2, 0) is 11.3 Å². The van der Waals surface area contributed by atoms with E-state index in [1.807, 2.05) is 18.2 Å². The van der Waals surface area contributed by atoms with Crippen molar-refractivity contribution in [1.29, 1.82) is 0 Å². The highest BCUT2D eigenvalue weighted by Crippen LogP contribution is 2.28. The lowest BCUT2D eigenvalue weighted by Gasteiger charge is -2.13. The Kier molecular flexibility index (Phi) is 6.11. The average molecular weight is 281 g/mol. The zero-order valence-electron chi connectivity index (χ0n) is 11.9. The lowest BCUT2D eigenvalue weighted by molar-refractivity contribution is 0.110. The van der Waals surface area contributed by atoms with Crippen molar-refractivity contribution in [2.45, 2.75) is 25.5 Å². The molecule has 1 aromatic rings. The third-order valence-corrected chi connectivity index (χ3v) is 3.30. The first-order valence-corrected chi connectivity index (χ1v) is 7.06. The van der Waals surface area contributed by atoms with Gasteiger partial charge in [0.1, 0.15) is 6.61 Å². The SMILES string of the molecule is COc1cc(CNC[C@@H]2CCCO2)ccc1OCCO. The van der Waals surface area contributed by atoms with Gasteiger partial charge in [0.05, 0.1) is 19.8 Å². The first-order valence-electron chi connectivity index (χ1n) is 7.06. The maximum absolute atomic E-state index is 8.78. The normalized spacial score (nSPS) is 18.2. The lowest BCUT2D eigenvalue weighted by Crippen LogP contribution is -2.25. The number of hydrogen-bond donors (Lipinski definition) is 2. The van der Waals surface area contributed by atoms with Crippen LogP contribution < -0.4 is 14.8 Å². The molecule has 2 rings (SSSR count). The highest BCUT2D eigenvalue weighted by Gasteiger charge is 2.14. The molecule has 0 saturated carbocycles. The first-order chi connectivity index (χ1) is 9.83. The van der Waals surface area contributed by atoms with E-state index in [0.717, 1.165) is 38.1 Å². The van der Waals surface area contributed by atoms with Crippen molar-refractivity contribution >= 4 is 0 Å². The van der Waals surface area contributed by atoms with Crippen LogP contribution in [0.3, 0.4) is 0 Å². The van der Waals surface area contributed by atoms with Gasteiger partial charge in [0.25, 0.3) is 0 Å². The summed E-state index contributed by atoms with van der Waals surface area (Å²) < 4.78 is 16.3. The molecular formula is C15H23NO4. The monoisotopic (exact) mass is 281 g/mol. The second kappa shape index (κ2) is 8.09. The Balaban J connectivity index is 1.84. The number of aliphatic hydroxyl groups is 1. The second-order valence-corrected chi connectivity index (χ2v) is 4.82. The number of ether oxygens (including phenoxy) is 3. The summed E-state index contributed by atoms with van der Waals surface area (Å²) in [7, 11) is 1.62. The average Bonchev–Trinajstić information content (AvgIpc) is 2.99. The summed E-state index contributed by atoms with van der Waals surface area (Å²) in [6.07, 6.45) is 2.66. The molecule has 2 N–H and O–H groups in total. The Morgan fingerprint density at radius 2 is 2.30 bits per heavy atom. The maximum atomic E-state index is 8.78. The van der Waals surface area contributed by atoms with Crippen LogP contribution in [0, 0.1) is 0 Å². The zero-order chi connectivity index (χ0) is 14.2. The molecular weight excluding hydrogens is 258 g/mol. The van der Waals surface area contributed by atoms with Crippen LogP contribution in [-0.4, -0.2) is 44.7 Å². The van der Waals surface area contributed by atoms with E-state index in [9.17, 15) is 0 Å².